The maximum absolute atomic E-state index is 12.8. The molecule has 1 N–H and O–H groups in total. The molecule has 0 aliphatic rings. The number of hydrogen-bond donors (Lipinski definition) is 1. The predicted octanol–water partition coefficient (Wildman–Crippen LogP) is 3.59. The van der Waals surface area contributed by atoms with Crippen molar-refractivity contribution in [2.45, 2.75) is 24.2 Å². The predicted molar refractivity (Wildman–Crippen MR) is 96.5 cm³/mol. The molecule has 0 bridgehead atoms. The van der Waals surface area contributed by atoms with E-state index in [-0.39, 0.29) is 16.8 Å². The van der Waals surface area contributed by atoms with Gasteiger partial charge in [-0.25, -0.2) is 0 Å². The molecule has 2 heterocycles. The summed E-state index contributed by atoms with van der Waals surface area (Å²) in [5.74, 6) is -0.140. The van der Waals surface area contributed by atoms with Gasteiger partial charge in [0.05, 0.1) is 11.3 Å². The Balaban J connectivity index is 1.50. The van der Waals surface area contributed by atoms with Crippen LogP contribution in [0, 0.1) is 0 Å². The van der Waals surface area contributed by atoms with Crippen molar-refractivity contribution >= 4 is 23.3 Å². The van der Waals surface area contributed by atoms with Gasteiger partial charge in [0, 0.05) is 12.7 Å². The molecule has 1 amide bonds. The van der Waals surface area contributed by atoms with Gasteiger partial charge in [0.15, 0.2) is 10.8 Å². The summed E-state index contributed by atoms with van der Waals surface area (Å²) in [6.45, 7) is 0.535. The van der Waals surface area contributed by atoms with Crippen molar-refractivity contribution in [3.63, 3.8) is 0 Å². The van der Waals surface area contributed by atoms with E-state index >= 15 is 0 Å². The number of carbonyl (C=O) groups is 1. The molecule has 142 valence electrons. The van der Waals surface area contributed by atoms with Crippen LogP contribution in [0.15, 0.2) is 53.8 Å². The molecule has 1 aromatic carbocycles. The number of nitrogens with zero attached hydrogens (tertiary/aromatic N) is 3. The standard InChI is InChI=1S/C18H17F3N4OS/c19-18(20,21)14-8-9-15-23-24-17(25(15)11-14)27-12-16(26)22-10-4-7-13-5-2-1-3-6-13/h1-3,5-6,8-9,11H,4,7,10,12H2,(H,22,26). The Morgan fingerprint density at radius 2 is 1.89 bits per heavy atom. The molecule has 0 radical (unpaired) electrons. The number of amides is 1. The molecule has 3 rings (SSSR count). The number of thioether (sulfide) groups is 1. The number of benzene rings is 1. The maximum atomic E-state index is 12.8. The van der Waals surface area contributed by atoms with Crippen LogP contribution >= 0.6 is 11.8 Å². The third-order valence-electron chi connectivity index (χ3n) is 3.84. The average molecular weight is 394 g/mol. The molecule has 0 unspecified atom stereocenters. The first kappa shape index (κ1) is 19.2. The van der Waals surface area contributed by atoms with Gasteiger partial charge in [-0.15, -0.1) is 10.2 Å². The molecule has 27 heavy (non-hydrogen) atoms. The number of rotatable bonds is 7. The molecule has 0 aliphatic heterocycles. The van der Waals surface area contributed by atoms with Gasteiger partial charge in [-0.05, 0) is 30.5 Å². The van der Waals surface area contributed by atoms with Gasteiger partial charge >= 0.3 is 6.18 Å². The molecule has 5 nitrogen and oxygen atoms in total. The fourth-order valence-corrected chi connectivity index (χ4v) is 3.23. The third kappa shape index (κ3) is 5.22. The lowest BCUT2D eigenvalue weighted by Gasteiger charge is -2.07. The van der Waals surface area contributed by atoms with Crippen molar-refractivity contribution in [1.82, 2.24) is 19.9 Å². The Morgan fingerprint density at radius 1 is 1.11 bits per heavy atom. The topological polar surface area (TPSA) is 59.3 Å². The fraction of sp³-hybridized carbons (Fsp3) is 0.278. The van der Waals surface area contributed by atoms with Crippen molar-refractivity contribution in [3.8, 4) is 0 Å². The zero-order valence-corrected chi connectivity index (χ0v) is 15.1. The second kappa shape index (κ2) is 8.43. The zero-order valence-electron chi connectivity index (χ0n) is 14.2. The van der Waals surface area contributed by atoms with Crippen LogP contribution in [0.5, 0.6) is 0 Å². The second-order valence-electron chi connectivity index (χ2n) is 5.85. The highest BCUT2D eigenvalue weighted by Crippen LogP contribution is 2.30. The zero-order chi connectivity index (χ0) is 19.3. The SMILES string of the molecule is O=C(CSc1nnc2ccc(C(F)(F)F)cn12)NCCCc1ccccc1. The van der Waals surface area contributed by atoms with Gasteiger partial charge in [0.25, 0.3) is 0 Å². The summed E-state index contributed by atoms with van der Waals surface area (Å²) in [6, 6.07) is 12.2. The number of aromatic nitrogens is 3. The molecular formula is C18H17F3N4OS. The van der Waals surface area contributed by atoms with E-state index in [2.05, 4.69) is 15.5 Å². The summed E-state index contributed by atoms with van der Waals surface area (Å²) >= 11 is 1.05. The molecule has 0 aliphatic carbocycles. The van der Waals surface area contributed by atoms with Crippen LogP contribution < -0.4 is 5.32 Å². The summed E-state index contributed by atoms with van der Waals surface area (Å²) in [5.41, 5.74) is 0.715. The number of halogens is 3. The molecule has 0 spiro atoms. The van der Waals surface area contributed by atoms with Crippen LogP contribution in [0.3, 0.4) is 0 Å². The lowest BCUT2D eigenvalue weighted by atomic mass is 10.1. The lowest BCUT2D eigenvalue weighted by molar-refractivity contribution is -0.137. The van der Waals surface area contributed by atoms with Crippen LogP contribution in [0.1, 0.15) is 17.5 Å². The number of nitrogens with one attached hydrogen (secondary N) is 1. The molecule has 0 atom stereocenters. The molecule has 3 aromatic rings. The number of aryl methyl sites for hydroxylation is 1. The molecule has 2 aromatic heterocycles. The Kier molecular flexibility index (Phi) is 6.00. The fourth-order valence-electron chi connectivity index (χ4n) is 2.48. The number of carbonyl (C=O) groups excluding carboxylic acids is 1. The van der Waals surface area contributed by atoms with Crippen molar-refractivity contribution in [3.05, 3.63) is 59.8 Å². The Labute approximate surface area is 158 Å². The van der Waals surface area contributed by atoms with Crippen molar-refractivity contribution in [1.29, 1.82) is 0 Å². The quantitative estimate of drug-likeness (QED) is 0.492. The van der Waals surface area contributed by atoms with E-state index in [1.54, 1.807) is 0 Å². The monoisotopic (exact) mass is 394 g/mol. The van der Waals surface area contributed by atoms with E-state index in [0.717, 1.165) is 36.9 Å². The summed E-state index contributed by atoms with van der Waals surface area (Å²) in [4.78, 5) is 11.9. The smallest absolute Gasteiger partial charge is 0.355 e. The van der Waals surface area contributed by atoms with E-state index < -0.39 is 11.7 Å². The van der Waals surface area contributed by atoms with Crippen molar-refractivity contribution in [2.24, 2.45) is 0 Å². The van der Waals surface area contributed by atoms with Gasteiger partial charge in [0.2, 0.25) is 5.91 Å². The lowest BCUT2D eigenvalue weighted by Crippen LogP contribution is -2.26. The van der Waals surface area contributed by atoms with Crippen LogP contribution in [-0.4, -0.2) is 32.8 Å². The largest absolute Gasteiger partial charge is 0.417 e. The number of fused-ring (bicyclic) bond motifs is 1. The maximum Gasteiger partial charge on any atom is 0.417 e. The van der Waals surface area contributed by atoms with Gasteiger partial charge in [-0.3, -0.25) is 9.20 Å². The number of hydrogen-bond acceptors (Lipinski definition) is 4. The number of pyridine rings is 1. The Bertz CT molecular complexity index is 912. The minimum absolute atomic E-state index is 0.0579. The Hall–Kier alpha value is -2.55. The summed E-state index contributed by atoms with van der Waals surface area (Å²) in [5, 5.41) is 10.7. The van der Waals surface area contributed by atoms with Crippen molar-refractivity contribution < 1.29 is 18.0 Å². The van der Waals surface area contributed by atoms with Crippen LogP contribution in [-0.2, 0) is 17.4 Å². The molecule has 0 saturated carbocycles. The van der Waals surface area contributed by atoms with Crippen LogP contribution in [0.4, 0.5) is 13.2 Å². The highest BCUT2D eigenvalue weighted by Gasteiger charge is 2.31. The van der Waals surface area contributed by atoms with E-state index in [1.165, 1.54) is 16.0 Å². The molecule has 9 heteroatoms. The van der Waals surface area contributed by atoms with E-state index in [0.29, 0.717) is 12.2 Å². The van der Waals surface area contributed by atoms with E-state index in [9.17, 15) is 18.0 Å². The van der Waals surface area contributed by atoms with E-state index in [1.807, 2.05) is 30.3 Å². The van der Waals surface area contributed by atoms with Gasteiger partial charge in [0.1, 0.15) is 0 Å². The molecule has 0 saturated heterocycles. The first-order chi connectivity index (χ1) is 12.9. The van der Waals surface area contributed by atoms with Gasteiger partial charge in [-0.1, -0.05) is 42.1 Å². The van der Waals surface area contributed by atoms with Crippen molar-refractivity contribution in [2.75, 3.05) is 12.3 Å². The van der Waals surface area contributed by atoms with Crippen LogP contribution in [0.2, 0.25) is 0 Å². The average Bonchev–Trinajstić information content (AvgIpc) is 3.06. The minimum Gasteiger partial charge on any atom is -0.355 e. The molecular weight excluding hydrogens is 377 g/mol. The summed E-state index contributed by atoms with van der Waals surface area (Å²) in [7, 11) is 0. The third-order valence-corrected chi connectivity index (χ3v) is 4.78. The Morgan fingerprint density at radius 3 is 2.63 bits per heavy atom. The second-order valence-corrected chi connectivity index (χ2v) is 6.80. The summed E-state index contributed by atoms with van der Waals surface area (Å²) in [6.07, 6.45) is -1.83. The van der Waals surface area contributed by atoms with Gasteiger partial charge in [-0.2, -0.15) is 13.2 Å². The first-order valence-electron chi connectivity index (χ1n) is 8.29. The molecule has 0 fully saturated rings. The highest BCUT2D eigenvalue weighted by molar-refractivity contribution is 7.99. The number of alkyl halides is 3. The first-order valence-corrected chi connectivity index (χ1v) is 9.27. The minimum atomic E-state index is -4.45. The summed E-state index contributed by atoms with van der Waals surface area (Å²) < 4.78 is 39.8. The normalized spacial score (nSPS) is 11.7. The van der Waals surface area contributed by atoms with Gasteiger partial charge < -0.3 is 5.32 Å². The van der Waals surface area contributed by atoms with E-state index in [4.69, 9.17) is 0 Å². The van der Waals surface area contributed by atoms with Crippen LogP contribution in [0.25, 0.3) is 5.65 Å². The highest BCUT2D eigenvalue weighted by atomic mass is 32.2.